The van der Waals surface area contributed by atoms with Crippen LogP contribution in [0, 0.1) is 11.8 Å². The van der Waals surface area contributed by atoms with Crippen LogP contribution in [0.5, 0.6) is 0 Å². The number of thiazole rings is 1. The van der Waals surface area contributed by atoms with E-state index in [4.69, 9.17) is 16.6 Å². The minimum absolute atomic E-state index is 0.0712. The fourth-order valence-corrected chi connectivity index (χ4v) is 7.27. The molecule has 2 heterocycles. The number of Topliss-reactive ketones (excluding diaryl/α,β-unsaturated/α-hetero) is 2. The Balaban J connectivity index is 1.43. The minimum atomic E-state index is -0.486. The third-order valence-corrected chi connectivity index (χ3v) is 9.57. The highest BCUT2D eigenvalue weighted by molar-refractivity contribution is 7.18. The summed E-state index contributed by atoms with van der Waals surface area (Å²) in [4.78, 5) is 46.2. The van der Waals surface area contributed by atoms with Gasteiger partial charge in [-0.3, -0.25) is 19.3 Å². The van der Waals surface area contributed by atoms with Crippen LogP contribution >= 0.6 is 22.9 Å². The van der Waals surface area contributed by atoms with E-state index in [1.807, 2.05) is 25.1 Å². The standard InChI is InChI=1S/C31H42ClN3O3S/c1-3-25(36)17-23(18-30-33-27-12-11-24(32)19-29(27)39-30)31(38)34-26(22-9-5-4-6-10-22)13-14-28(37)21(2)20-35-15-7-8-16-35/h11-12,19,22-23,26H,2-10,13-18,20H2,1H3,(H,34,38)/t23-,26+/m0/s1. The van der Waals surface area contributed by atoms with Crippen molar-refractivity contribution in [2.75, 3.05) is 19.6 Å². The van der Waals surface area contributed by atoms with E-state index in [2.05, 4.69) is 16.8 Å². The molecule has 1 amide bonds. The van der Waals surface area contributed by atoms with Gasteiger partial charge in [0.15, 0.2) is 5.78 Å². The topological polar surface area (TPSA) is 79.4 Å². The van der Waals surface area contributed by atoms with Gasteiger partial charge in [0, 0.05) is 48.9 Å². The van der Waals surface area contributed by atoms with Crippen LogP contribution in [0.15, 0.2) is 30.4 Å². The van der Waals surface area contributed by atoms with Crippen LogP contribution in [0.4, 0.5) is 0 Å². The smallest absolute Gasteiger partial charge is 0.224 e. The number of nitrogens with zero attached hydrogens (tertiary/aromatic N) is 2. The summed E-state index contributed by atoms with van der Waals surface area (Å²) < 4.78 is 0.978. The third kappa shape index (κ3) is 8.70. The molecule has 1 aromatic carbocycles. The molecule has 4 rings (SSSR count). The molecule has 6 nitrogen and oxygen atoms in total. The molecule has 0 unspecified atom stereocenters. The van der Waals surface area contributed by atoms with Gasteiger partial charge >= 0.3 is 0 Å². The molecule has 2 aromatic rings. The quantitative estimate of drug-likeness (QED) is 0.260. The normalized spacial score (nSPS) is 18.2. The van der Waals surface area contributed by atoms with Crippen molar-refractivity contribution >= 4 is 50.6 Å². The van der Waals surface area contributed by atoms with Crippen LogP contribution in [-0.2, 0) is 20.8 Å². The first-order chi connectivity index (χ1) is 18.8. The zero-order chi connectivity index (χ0) is 27.8. The van der Waals surface area contributed by atoms with E-state index < -0.39 is 5.92 Å². The Bertz CT molecular complexity index is 1170. The molecule has 1 N–H and O–H groups in total. The number of ketones is 2. The number of aromatic nitrogens is 1. The van der Waals surface area contributed by atoms with Gasteiger partial charge in [-0.25, -0.2) is 4.98 Å². The molecule has 0 radical (unpaired) electrons. The fourth-order valence-electron chi connectivity index (χ4n) is 5.95. The minimum Gasteiger partial charge on any atom is -0.353 e. The van der Waals surface area contributed by atoms with Crippen molar-refractivity contribution in [3.8, 4) is 0 Å². The molecule has 1 aliphatic heterocycles. The summed E-state index contributed by atoms with van der Waals surface area (Å²) in [6, 6.07) is 5.51. The number of amides is 1. The molecular weight excluding hydrogens is 530 g/mol. The Morgan fingerprint density at radius 2 is 1.90 bits per heavy atom. The zero-order valence-electron chi connectivity index (χ0n) is 23.2. The Morgan fingerprint density at radius 3 is 2.62 bits per heavy atom. The summed E-state index contributed by atoms with van der Waals surface area (Å²) >= 11 is 7.68. The number of fused-ring (bicyclic) bond motifs is 1. The van der Waals surface area contributed by atoms with Gasteiger partial charge in [0.2, 0.25) is 5.91 Å². The van der Waals surface area contributed by atoms with Crippen LogP contribution < -0.4 is 5.32 Å². The molecule has 2 fully saturated rings. The molecular formula is C31H42ClN3O3S. The molecule has 1 saturated carbocycles. The van der Waals surface area contributed by atoms with Gasteiger partial charge in [0.1, 0.15) is 5.78 Å². The summed E-state index contributed by atoms with van der Waals surface area (Å²) in [5.74, 6) is -0.0624. The van der Waals surface area contributed by atoms with Crippen molar-refractivity contribution in [3.63, 3.8) is 0 Å². The molecule has 1 aliphatic carbocycles. The van der Waals surface area contributed by atoms with Crippen molar-refractivity contribution in [2.24, 2.45) is 11.8 Å². The lowest BCUT2D eigenvalue weighted by atomic mass is 9.81. The van der Waals surface area contributed by atoms with Crippen LogP contribution in [0.25, 0.3) is 10.2 Å². The Labute approximate surface area is 241 Å². The molecule has 2 atom stereocenters. The van der Waals surface area contributed by atoms with Crippen molar-refractivity contribution in [2.45, 2.75) is 90.0 Å². The highest BCUT2D eigenvalue weighted by Crippen LogP contribution is 2.31. The monoisotopic (exact) mass is 571 g/mol. The molecule has 0 spiro atoms. The summed E-state index contributed by atoms with van der Waals surface area (Å²) in [7, 11) is 0. The molecule has 212 valence electrons. The maximum atomic E-state index is 13.7. The van der Waals surface area contributed by atoms with E-state index in [1.165, 1.54) is 30.6 Å². The van der Waals surface area contributed by atoms with E-state index in [1.54, 1.807) is 0 Å². The van der Waals surface area contributed by atoms with E-state index in [-0.39, 0.29) is 29.9 Å². The van der Waals surface area contributed by atoms with Crippen molar-refractivity contribution in [3.05, 3.63) is 40.4 Å². The number of carbonyl (C=O) groups is 3. The number of hydrogen-bond donors (Lipinski definition) is 1. The van der Waals surface area contributed by atoms with Crippen LogP contribution in [0.2, 0.25) is 5.02 Å². The largest absolute Gasteiger partial charge is 0.353 e. The predicted octanol–water partition coefficient (Wildman–Crippen LogP) is 6.54. The molecule has 1 aromatic heterocycles. The van der Waals surface area contributed by atoms with Crippen LogP contribution in [-0.4, -0.2) is 53.0 Å². The maximum Gasteiger partial charge on any atom is 0.224 e. The number of halogens is 1. The van der Waals surface area contributed by atoms with Gasteiger partial charge in [-0.1, -0.05) is 44.4 Å². The summed E-state index contributed by atoms with van der Waals surface area (Å²) in [5.41, 5.74) is 1.53. The van der Waals surface area contributed by atoms with Crippen LogP contribution in [0.1, 0.15) is 82.6 Å². The van der Waals surface area contributed by atoms with E-state index in [9.17, 15) is 14.4 Å². The van der Waals surface area contributed by atoms with Crippen molar-refractivity contribution in [1.29, 1.82) is 0 Å². The Kier molecular flexibility index (Phi) is 11.1. The molecule has 39 heavy (non-hydrogen) atoms. The van der Waals surface area contributed by atoms with Gasteiger partial charge in [-0.15, -0.1) is 11.3 Å². The number of rotatable bonds is 14. The number of likely N-dealkylation sites (tertiary alicyclic amines) is 1. The predicted molar refractivity (Wildman–Crippen MR) is 159 cm³/mol. The Morgan fingerprint density at radius 1 is 1.15 bits per heavy atom. The van der Waals surface area contributed by atoms with Gasteiger partial charge in [-0.2, -0.15) is 0 Å². The second-order valence-corrected chi connectivity index (χ2v) is 12.8. The van der Waals surface area contributed by atoms with E-state index in [0.717, 1.165) is 54.0 Å². The number of hydrogen-bond acceptors (Lipinski definition) is 6. The average Bonchev–Trinajstić information content (AvgIpc) is 3.59. The lowest BCUT2D eigenvalue weighted by molar-refractivity contribution is -0.130. The summed E-state index contributed by atoms with van der Waals surface area (Å²) in [5, 5.41) is 4.81. The number of carbonyl (C=O) groups excluding carboxylic acids is 3. The Hall–Kier alpha value is -2.09. The molecule has 0 bridgehead atoms. The second kappa shape index (κ2) is 14.5. The van der Waals surface area contributed by atoms with Gasteiger partial charge in [0.25, 0.3) is 0 Å². The highest BCUT2D eigenvalue weighted by atomic mass is 35.5. The average molecular weight is 572 g/mol. The molecule has 2 aliphatic rings. The lowest BCUT2D eigenvalue weighted by Gasteiger charge is -2.32. The summed E-state index contributed by atoms with van der Waals surface area (Å²) in [6.07, 6.45) is 10.0. The highest BCUT2D eigenvalue weighted by Gasteiger charge is 2.30. The maximum absolute atomic E-state index is 13.7. The first-order valence-electron chi connectivity index (χ1n) is 14.6. The lowest BCUT2D eigenvalue weighted by Crippen LogP contribution is -2.45. The molecule has 1 saturated heterocycles. The SMILES string of the molecule is C=C(CN1CCCC1)C(=O)CC[C@@H](NC(=O)[C@@H](CC(=O)CC)Cc1nc2ccc(Cl)cc2s1)C1CCCCC1. The molecule has 8 heteroatoms. The van der Waals surface area contributed by atoms with Crippen molar-refractivity contribution < 1.29 is 14.4 Å². The first kappa shape index (κ1) is 29.9. The summed E-state index contributed by atoms with van der Waals surface area (Å²) in [6.45, 7) is 8.63. The van der Waals surface area contributed by atoms with Crippen LogP contribution in [0.3, 0.4) is 0 Å². The van der Waals surface area contributed by atoms with Gasteiger partial charge in [-0.05, 0) is 69.3 Å². The first-order valence-corrected chi connectivity index (χ1v) is 15.8. The zero-order valence-corrected chi connectivity index (χ0v) is 24.8. The number of nitrogens with one attached hydrogen (secondary N) is 1. The van der Waals surface area contributed by atoms with Gasteiger partial charge < -0.3 is 5.32 Å². The number of benzene rings is 1. The van der Waals surface area contributed by atoms with Crippen molar-refractivity contribution in [1.82, 2.24) is 15.2 Å². The second-order valence-electron chi connectivity index (χ2n) is 11.3. The third-order valence-electron chi connectivity index (χ3n) is 8.29. The fraction of sp³-hybridized carbons (Fsp3) is 0.613. The van der Waals surface area contributed by atoms with E-state index in [0.29, 0.717) is 48.7 Å². The van der Waals surface area contributed by atoms with Gasteiger partial charge in [0.05, 0.1) is 21.1 Å². The van der Waals surface area contributed by atoms with E-state index >= 15 is 0 Å².